The van der Waals surface area contributed by atoms with Crippen LogP contribution in [0.2, 0.25) is 0 Å². The van der Waals surface area contributed by atoms with Crippen LogP contribution in [-0.4, -0.2) is 74.0 Å². The highest BCUT2D eigenvalue weighted by molar-refractivity contribution is 5.94. The molecule has 2 rings (SSSR count). The molecule has 1 aromatic carbocycles. The lowest BCUT2D eigenvalue weighted by Crippen LogP contribution is -2.46. The molecule has 174 valence electrons. The number of ether oxygens (including phenoxy) is 1. The lowest BCUT2D eigenvalue weighted by atomic mass is 10.1. The van der Waals surface area contributed by atoms with Gasteiger partial charge in [0.1, 0.15) is 11.6 Å². The molecule has 1 aromatic rings. The van der Waals surface area contributed by atoms with E-state index in [2.05, 4.69) is 14.8 Å². The summed E-state index contributed by atoms with van der Waals surface area (Å²) in [7, 11) is 0. The summed E-state index contributed by atoms with van der Waals surface area (Å²) in [5, 5.41) is 7.41. The van der Waals surface area contributed by atoms with Gasteiger partial charge in [-0.25, -0.2) is 0 Å². The van der Waals surface area contributed by atoms with Crippen molar-refractivity contribution in [2.75, 3.05) is 52.4 Å². The van der Waals surface area contributed by atoms with E-state index in [9.17, 15) is 0 Å². The Morgan fingerprint density at radius 3 is 1.94 bits per heavy atom. The fraction of sp³-hybridized carbons (Fsp3) is 0.652. The van der Waals surface area contributed by atoms with E-state index in [4.69, 9.17) is 27.3 Å². The fourth-order valence-electron chi connectivity index (χ4n) is 3.81. The van der Waals surface area contributed by atoms with E-state index in [0.29, 0.717) is 6.61 Å². The first-order valence-electron chi connectivity index (χ1n) is 11.6. The van der Waals surface area contributed by atoms with Crippen LogP contribution in [0.15, 0.2) is 29.3 Å². The van der Waals surface area contributed by atoms with Crippen molar-refractivity contribution in [2.24, 2.45) is 22.2 Å². The van der Waals surface area contributed by atoms with Crippen molar-refractivity contribution in [2.45, 2.75) is 44.9 Å². The quantitative estimate of drug-likeness (QED) is 0.191. The maximum atomic E-state index is 7.41. The highest BCUT2D eigenvalue weighted by Gasteiger charge is 2.15. The minimum absolute atomic E-state index is 0.0849. The number of benzene rings is 1. The molecule has 0 atom stereocenters. The lowest BCUT2D eigenvalue weighted by molar-refractivity contribution is 0.124. The average Bonchev–Trinajstić information content (AvgIpc) is 2.76. The highest BCUT2D eigenvalue weighted by Crippen LogP contribution is 2.13. The van der Waals surface area contributed by atoms with Gasteiger partial charge < -0.3 is 31.7 Å². The molecule has 7 N–H and O–H groups in total. The summed E-state index contributed by atoms with van der Waals surface area (Å²) < 4.78 is 5.80. The molecule has 1 fully saturated rings. The summed E-state index contributed by atoms with van der Waals surface area (Å²) >= 11 is 0. The third-order valence-electron chi connectivity index (χ3n) is 5.69. The predicted octanol–water partition coefficient (Wildman–Crippen LogP) is 1.97. The molecule has 1 saturated heterocycles. The maximum absolute atomic E-state index is 7.41. The number of rotatable bonds is 15. The summed E-state index contributed by atoms with van der Waals surface area (Å²) in [5.74, 6) is 1.12. The van der Waals surface area contributed by atoms with Crippen molar-refractivity contribution in [3.05, 3.63) is 29.8 Å². The topological polar surface area (TPSA) is 130 Å². The number of amidine groups is 1. The molecule has 0 unspecified atom stereocenters. The Balaban J connectivity index is 1.43. The van der Waals surface area contributed by atoms with E-state index in [-0.39, 0.29) is 11.8 Å². The first-order valence-corrected chi connectivity index (χ1v) is 11.6. The Kier molecular flexibility index (Phi) is 11.8. The molecule has 0 amide bonds. The summed E-state index contributed by atoms with van der Waals surface area (Å²) in [6.45, 7) is 8.42. The lowest BCUT2D eigenvalue weighted by Gasteiger charge is -2.34. The van der Waals surface area contributed by atoms with E-state index < -0.39 is 0 Å². The standard InChI is InChI=1S/C23H41N7O/c24-22(25)20-8-10-21(11-9-20)31-19-7-14-30-17-15-29(16-18-30)13-6-4-2-1-3-5-12-28-23(26)27/h8-11H,1-7,12-19H2,(H3,24,25)(H4,26,27,28). The van der Waals surface area contributed by atoms with Gasteiger partial charge in [0.2, 0.25) is 0 Å². The Bertz CT molecular complexity index is 650. The molecule has 1 aliphatic rings. The normalized spacial score (nSPS) is 15.0. The number of unbranched alkanes of at least 4 members (excludes halogenated alkanes) is 5. The minimum Gasteiger partial charge on any atom is -0.494 e. The molecule has 8 nitrogen and oxygen atoms in total. The van der Waals surface area contributed by atoms with E-state index >= 15 is 0 Å². The second-order valence-corrected chi connectivity index (χ2v) is 8.25. The third-order valence-corrected chi connectivity index (χ3v) is 5.69. The van der Waals surface area contributed by atoms with Gasteiger partial charge in [-0.2, -0.15) is 0 Å². The second kappa shape index (κ2) is 14.6. The summed E-state index contributed by atoms with van der Waals surface area (Å²) in [5.41, 5.74) is 16.8. The highest BCUT2D eigenvalue weighted by atomic mass is 16.5. The molecule has 0 aromatic heterocycles. The predicted molar refractivity (Wildman–Crippen MR) is 129 cm³/mol. The molecule has 8 heteroatoms. The molecule has 0 spiro atoms. The molecule has 1 heterocycles. The van der Waals surface area contributed by atoms with Crippen molar-refractivity contribution in [3.63, 3.8) is 0 Å². The smallest absolute Gasteiger partial charge is 0.185 e. The van der Waals surface area contributed by atoms with Crippen LogP contribution in [0.1, 0.15) is 50.5 Å². The summed E-state index contributed by atoms with van der Waals surface area (Å²) in [4.78, 5) is 9.15. The molecule has 0 aliphatic carbocycles. The number of nitrogens with one attached hydrogen (secondary N) is 1. The van der Waals surface area contributed by atoms with Gasteiger partial charge in [-0.05, 0) is 50.1 Å². The van der Waals surface area contributed by atoms with Crippen LogP contribution in [0.4, 0.5) is 0 Å². The van der Waals surface area contributed by atoms with Crippen molar-refractivity contribution >= 4 is 11.8 Å². The number of aliphatic imine (C=N–C) groups is 1. The zero-order valence-corrected chi connectivity index (χ0v) is 18.9. The van der Waals surface area contributed by atoms with Gasteiger partial charge in [-0.1, -0.05) is 25.7 Å². The Morgan fingerprint density at radius 1 is 0.806 bits per heavy atom. The first kappa shape index (κ1) is 24.9. The van der Waals surface area contributed by atoms with Crippen molar-refractivity contribution < 1.29 is 4.74 Å². The molecule has 31 heavy (non-hydrogen) atoms. The van der Waals surface area contributed by atoms with Crippen LogP contribution in [0.25, 0.3) is 0 Å². The SMILES string of the molecule is N=C(N)c1ccc(OCCCN2CCN(CCCCCCCCN=C(N)N)CC2)cc1. The molecular weight excluding hydrogens is 390 g/mol. The number of nitrogen functional groups attached to an aromatic ring is 1. The van der Waals surface area contributed by atoms with Crippen molar-refractivity contribution in [1.29, 1.82) is 5.41 Å². The number of guanidine groups is 1. The number of nitrogens with two attached hydrogens (primary N) is 3. The Labute approximate surface area is 187 Å². The molecule has 0 saturated carbocycles. The summed E-state index contributed by atoms with van der Waals surface area (Å²) in [6, 6.07) is 7.41. The van der Waals surface area contributed by atoms with E-state index in [1.54, 1.807) is 0 Å². The molecule has 1 aliphatic heterocycles. The Morgan fingerprint density at radius 2 is 1.35 bits per heavy atom. The van der Waals surface area contributed by atoms with Crippen LogP contribution in [0.5, 0.6) is 5.75 Å². The van der Waals surface area contributed by atoms with Gasteiger partial charge in [-0.3, -0.25) is 10.4 Å². The van der Waals surface area contributed by atoms with Crippen LogP contribution in [-0.2, 0) is 0 Å². The average molecular weight is 432 g/mol. The van der Waals surface area contributed by atoms with Crippen LogP contribution < -0.4 is 21.9 Å². The monoisotopic (exact) mass is 431 g/mol. The zero-order valence-electron chi connectivity index (χ0n) is 18.9. The molecule has 0 radical (unpaired) electrons. The number of hydrogen-bond acceptors (Lipinski definition) is 5. The first-order chi connectivity index (χ1) is 15.0. The van der Waals surface area contributed by atoms with Crippen molar-refractivity contribution in [1.82, 2.24) is 9.80 Å². The molecular formula is C23H41N7O. The number of piperazine rings is 1. The van der Waals surface area contributed by atoms with Gasteiger partial charge in [0, 0.05) is 44.8 Å². The summed E-state index contributed by atoms with van der Waals surface area (Å²) in [6.07, 6.45) is 8.50. The fourth-order valence-corrected chi connectivity index (χ4v) is 3.81. The van der Waals surface area contributed by atoms with Crippen LogP contribution >= 0.6 is 0 Å². The van der Waals surface area contributed by atoms with Crippen LogP contribution in [0, 0.1) is 5.41 Å². The third kappa shape index (κ3) is 11.0. The van der Waals surface area contributed by atoms with Gasteiger partial charge in [0.15, 0.2) is 5.96 Å². The van der Waals surface area contributed by atoms with Gasteiger partial charge in [0.05, 0.1) is 6.61 Å². The number of nitrogens with zero attached hydrogens (tertiary/aromatic N) is 3. The van der Waals surface area contributed by atoms with Gasteiger partial charge >= 0.3 is 0 Å². The maximum Gasteiger partial charge on any atom is 0.185 e. The van der Waals surface area contributed by atoms with Gasteiger partial charge in [0.25, 0.3) is 0 Å². The number of hydrogen-bond donors (Lipinski definition) is 4. The van der Waals surface area contributed by atoms with E-state index in [0.717, 1.165) is 50.3 Å². The van der Waals surface area contributed by atoms with Crippen LogP contribution in [0.3, 0.4) is 0 Å². The van der Waals surface area contributed by atoms with Crippen molar-refractivity contribution in [3.8, 4) is 5.75 Å². The second-order valence-electron chi connectivity index (χ2n) is 8.25. The Hall–Kier alpha value is -2.32. The zero-order chi connectivity index (χ0) is 22.3. The van der Waals surface area contributed by atoms with E-state index in [1.807, 2.05) is 24.3 Å². The van der Waals surface area contributed by atoms with Gasteiger partial charge in [-0.15, -0.1) is 0 Å². The van der Waals surface area contributed by atoms with E-state index in [1.165, 1.54) is 51.7 Å². The molecule has 0 bridgehead atoms. The largest absolute Gasteiger partial charge is 0.494 e. The minimum atomic E-state index is 0.0849.